The van der Waals surface area contributed by atoms with E-state index in [2.05, 4.69) is 5.32 Å². The number of carbonyl (C=O) groups excluding carboxylic acids is 2. The highest BCUT2D eigenvalue weighted by Crippen LogP contribution is 2.18. The first-order valence-electron chi connectivity index (χ1n) is 5.96. The molecular formula is C15H15NO3. The Balaban J connectivity index is 2.17. The number of aryl methyl sites for hydroxylation is 2. The van der Waals surface area contributed by atoms with E-state index in [9.17, 15) is 9.59 Å². The zero-order valence-electron chi connectivity index (χ0n) is 11.1. The number of ketones is 1. The zero-order chi connectivity index (χ0) is 14.0. The predicted octanol–water partition coefficient (Wildman–Crippen LogP) is 3.35. The van der Waals surface area contributed by atoms with E-state index in [4.69, 9.17) is 4.42 Å². The molecule has 0 spiro atoms. The van der Waals surface area contributed by atoms with Gasteiger partial charge >= 0.3 is 0 Å². The Bertz CT molecular complexity index is 604. The maximum atomic E-state index is 12.1. The fourth-order valence-electron chi connectivity index (χ4n) is 1.89. The van der Waals surface area contributed by atoms with E-state index in [-0.39, 0.29) is 11.7 Å². The summed E-state index contributed by atoms with van der Waals surface area (Å²) in [6.07, 6.45) is 1.56. The molecule has 0 unspecified atom stereocenters. The number of rotatable bonds is 3. The summed E-state index contributed by atoms with van der Waals surface area (Å²) in [5.74, 6) is 0.383. The van der Waals surface area contributed by atoms with Crippen LogP contribution in [0.2, 0.25) is 0 Å². The lowest BCUT2D eigenvalue weighted by Gasteiger charge is -2.05. The summed E-state index contributed by atoms with van der Waals surface area (Å²) in [5.41, 5.74) is 2.62. The second-order valence-electron chi connectivity index (χ2n) is 4.44. The molecule has 0 atom stereocenters. The zero-order valence-corrected chi connectivity index (χ0v) is 11.1. The third-order valence-electron chi connectivity index (χ3n) is 2.94. The van der Waals surface area contributed by atoms with Crippen molar-refractivity contribution in [2.75, 3.05) is 5.32 Å². The van der Waals surface area contributed by atoms with Gasteiger partial charge in [0.2, 0.25) is 0 Å². The quantitative estimate of drug-likeness (QED) is 0.858. The number of nitrogens with one attached hydrogen (secondary N) is 1. The van der Waals surface area contributed by atoms with Crippen LogP contribution in [0.4, 0.5) is 5.69 Å². The molecule has 1 aromatic carbocycles. The molecule has 0 aliphatic carbocycles. The molecule has 0 aliphatic heterocycles. The maximum Gasteiger partial charge on any atom is 0.259 e. The summed E-state index contributed by atoms with van der Waals surface area (Å²) in [7, 11) is 0. The van der Waals surface area contributed by atoms with Crippen LogP contribution in [0, 0.1) is 13.8 Å². The van der Waals surface area contributed by atoms with Crippen LogP contribution in [0.3, 0.4) is 0 Å². The Hall–Kier alpha value is -2.36. The number of hydrogen-bond acceptors (Lipinski definition) is 3. The normalized spacial score (nSPS) is 10.3. The summed E-state index contributed by atoms with van der Waals surface area (Å²) >= 11 is 0. The van der Waals surface area contributed by atoms with Crippen LogP contribution in [-0.2, 0) is 0 Å². The van der Waals surface area contributed by atoms with Gasteiger partial charge in [0, 0.05) is 16.8 Å². The van der Waals surface area contributed by atoms with Gasteiger partial charge in [-0.15, -0.1) is 0 Å². The minimum absolute atomic E-state index is 0.000556. The fourth-order valence-corrected chi connectivity index (χ4v) is 1.89. The van der Waals surface area contributed by atoms with Crippen LogP contribution in [0.5, 0.6) is 0 Å². The number of carbonyl (C=O) groups is 2. The molecule has 1 heterocycles. The van der Waals surface area contributed by atoms with E-state index >= 15 is 0 Å². The summed E-state index contributed by atoms with van der Waals surface area (Å²) in [5, 5.41) is 2.78. The Labute approximate surface area is 111 Å². The van der Waals surface area contributed by atoms with Crippen molar-refractivity contribution in [3.8, 4) is 0 Å². The van der Waals surface area contributed by atoms with E-state index < -0.39 is 0 Å². The molecule has 4 heteroatoms. The third kappa shape index (κ3) is 2.73. The SMILES string of the molecule is CC(=O)c1ccc(NC(=O)c2c(C)coc2C)cc1. The third-order valence-corrected chi connectivity index (χ3v) is 2.94. The topological polar surface area (TPSA) is 59.3 Å². The first-order chi connectivity index (χ1) is 8.99. The van der Waals surface area contributed by atoms with Gasteiger partial charge in [-0.1, -0.05) is 0 Å². The lowest BCUT2D eigenvalue weighted by atomic mass is 10.1. The van der Waals surface area contributed by atoms with Crippen LogP contribution in [0.25, 0.3) is 0 Å². The lowest BCUT2D eigenvalue weighted by molar-refractivity contribution is 0.101. The van der Waals surface area contributed by atoms with Crippen molar-refractivity contribution >= 4 is 17.4 Å². The molecule has 0 saturated carbocycles. The predicted molar refractivity (Wildman–Crippen MR) is 72.6 cm³/mol. The lowest BCUT2D eigenvalue weighted by Crippen LogP contribution is -2.13. The second-order valence-corrected chi connectivity index (χ2v) is 4.44. The van der Waals surface area contributed by atoms with Gasteiger partial charge in [0.05, 0.1) is 11.8 Å². The highest BCUT2D eigenvalue weighted by atomic mass is 16.3. The number of benzene rings is 1. The summed E-state index contributed by atoms with van der Waals surface area (Å²) < 4.78 is 5.20. The summed E-state index contributed by atoms with van der Waals surface area (Å²) in [4.78, 5) is 23.3. The average molecular weight is 257 g/mol. The molecule has 2 rings (SSSR count). The fraction of sp³-hybridized carbons (Fsp3) is 0.200. The molecule has 0 saturated heterocycles. The van der Waals surface area contributed by atoms with Crippen LogP contribution < -0.4 is 5.32 Å². The highest BCUT2D eigenvalue weighted by molar-refractivity contribution is 6.06. The van der Waals surface area contributed by atoms with Gasteiger partial charge in [-0.05, 0) is 45.0 Å². The maximum absolute atomic E-state index is 12.1. The van der Waals surface area contributed by atoms with E-state index in [1.807, 2.05) is 6.92 Å². The molecule has 19 heavy (non-hydrogen) atoms. The number of amides is 1. The first-order valence-corrected chi connectivity index (χ1v) is 5.96. The Morgan fingerprint density at radius 3 is 2.21 bits per heavy atom. The molecule has 0 radical (unpaired) electrons. The van der Waals surface area contributed by atoms with Crippen LogP contribution in [-0.4, -0.2) is 11.7 Å². The van der Waals surface area contributed by atoms with Gasteiger partial charge in [-0.3, -0.25) is 9.59 Å². The second kappa shape index (κ2) is 5.10. The Morgan fingerprint density at radius 2 is 1.74 bits per heavy atom. The average Bonchev–Trinajstić information content (AvgIpc) is 2.69. The highest BCUT2D eigenvalue weighted by Gasteiger charge is 2.15. The molecular weight excluding hydrogens is 242 g/mol. The molecule has 98 valence electrons. The van der Waals surface area contributed by atoms with Crippen molar-refractivity contribution in [1.82, 2.24) is 0 Å². The van der Waals surface area contributed by atoms with Gasteiger partial charge in [0.1, 0.15) is 5.76 Å². The first kappa shape index (κ1) is 13.1. The number of Topliss-reactive ketones (excluding diaryl/α,β-unsaturated/α-hetero) is 1. The standard InChI is InChI=1S/C15H15NO3/c1-9-8-19-11(3)14(9)15(18)16-13-6-4-12(5-7-13)10(2)17/h4-8H,1-3H3,(H,16,18). The van der Waals surface area contributed by atoms with Gasteiger partial charge < -0.3 is 9.73 Å². The van der Waals surface area contributed by atoms with Gasteiger partial charge in [-0.25, -0.2) is 0 Å². The summed E-state index contributed by atoms with van der Waals surface area (Å²) in [6.45, 7) is 5.08. The van der Waals surface area contributed by atoms with Crippen molar-refractivity contribution < 1.29 is 14.0 Å². The molecule has 1 aromatic heterocycles. The molecule has 2 aromatic rings. The van der Waals surface area contributed by atoms with Crippen LogP contribution >= 0.6 is 0 Å². The van der Waals surface area contributed by atoms with E-state index in [1.54, 1.807) is 37.5 Å². The van der Waals surface area contributed by atoms with Crippen molar-refractivity contribution in [3.63, 3.8) is 0 Å². The van der Waals surface area contributed by atoms with E-state index in [0.717, 1.165) is 5.56 Å². The molecule has 0 fully saturated rings. The molecule has 0 bridgehead atoms. The van der Waals surface area contributed by atoms with Gasteiger partial charge in [0.15, 0.2) is 5.78 Å². The van der Waals surface area contributed by atoms with E-state index in [1.165, 1.54) is 6.92 Å². The van der Waals surface area contributed by atoms with E-state index in [0.29, 0.717) is 22.6 Å². The Kier molecular flexibility index (Phi) is 3.51. The van der Waals surface area contributed by atoms with Crippen molar-refractivity contribution in [3.05, 3.63) is 53.0 Å². The molecule has 1 amide bonds. The molecule has 1 N–H and O–H groups in total. The number of hydrogen-bond donors (Lipinski definition) is 1. The van der Waals surface area contributed by atoms with Crippen molar-refractivity contribution in [2.24, 2.45) is 0 Å². The minimum Gasteiger partial charge on any atom is -0.469 e. The Morgan fingerprint density at radius 1 is 1.11 bits per heavy atom. The van der Waals surface area contributed by atoms with Crippen LogP contribution in [0.15, 0.2) is 34.9 Å². The molecule has 0 aliphatic rings. The molecule has 4 nitrogen and oxygen atoms in total. The minimum atomic E-state index is -0.209. The van der Waals surface area contributed by atoms with Crippen LogP contribution in [0.1, 0.15) is 39.0 Å². The largest absolute Gasteiger partial charge is 0.469 e. The summed E-state index contributed by atoms with van der Waals surface area (Å²) in [6, 6.07) is 6.79. The number of anilines is 1. The van der Waals surface area contributed by atoms with Crippen molar-refractivity contribution in [1.29, 1.82) is 0 Å². The number of furan rings is 1. The smallest absolute Gasteiger partial charge is 0.259 e. The van der Waals surface area contributed by atoms with Gasteiger partial charge in [0.25, 0.3) is 5.91 Å². The van der Waals surface area contributed by atoms with Gasteiger partial charge in [-0.2, -0.15) is 0 Å². The van der Waals surface area contributed by atoms with Crippen molar-refractivity contribution in [2.45, 2.75) is 20.8 Å². The monoisotopic (exact) mass is 257 g/mol.